The van der Waals surface area contributed by atoms with E-state index in [1.54, 1.807) is 0 Å². The molecule has 0 N–H and O–H groups in total. The third-order valence-electron chi connectivity index (χ3n) is 4.95. The number of halogens is 8. The van der Waals surface area contributed by atoms with Crippen LogP contribution in [0.5, 0.6) is 5.75 Å². The predicted molar refractivity (Wildman–Crippen MR) is 112 cm³/mol. The Kier molecular flexibility index (Phi) is 7.71. The lowest BCUT2D eigenvalue weighted by Crippen LogP contribution is -2.41. The summed E-state index contributed by atoms with van der Waals surface area (Å²) in [7, 11) is -10.2. The maximum absolute atomic E-state index is 13.6. The van der Waals surface area contributed by atoms with Gasteiger partial charge in [0.05, 0.1) is 12.1 Å². The molecule has 37 heavy (non-hydrogen) atoms. The topological polar surface area (TPSA) is 108 Å². The molecule has 1 amide bonds. The molecule has 1 heterocycles. The number of amides is 1. The molecule has 0 saturated carbocycles. The summed E-state index contributed by atoms with van der Waals surface area (Å²) in [6.45, 7) is 0.205. The van der Waals surface area contributed by atoms with Crippen LogP contribution in [-0.4, -0.2) is 60.4 Å². The summed E-state index contributed by atoms with van der Waals surface area (Å²) in [6.07, 6.45) is -8.30. The summed E-state index contributed by atoms with van der Waals surface area (Å²) in [6, 6.07) is -0.104. The zero-order valence-corrected chi connectivity index (χ0v) is 19.8. The van der Waals surface area contributed by atoms with Crippen molar-refractivity contribution in [3.8, 4) is 5.75 Å². The fraction of sp³-hybridized carbons (Fsp3) is 0.474. The molecule has 210 valence electrons. The second-order valence-corrected chi connectivity index (χ2v) is 10.1. The van der Waals surface area contributed by atoms with Crippen LogP contribution in [0.25, 0.3) is 6.08 Å². The average molecular weight is 572 g/mol. The van der Waals surface area contributed by atoms with Gasteiger partial charge in [0.2, 0.25) is 12.0 Å². The van der Waals surface area contributed by atoms with E-state index < -0.39 is 93.0 Å². The van der Waals surface area contributed by atoms with Crippen LogP contribution >= 0.6 is 10.2 Å². The number of hydrogen-bond acceptors (Lipinski definition) is 7. The van der Waals surface area contributed by atoms with E-state index in [2.05, 4.69) is 4.84 Å². The van der Waals surface area contributed by atoms with Crippen molar-refractivity contribution in [1.82, 2.24) is 4.90 Å². The Morgan fingerprint density at radius 1 is 1.14 bits per heavy atom. The first-order valence-corrected chi connectivity index (χ1v) is 12.1. The number of aryl methyl sites for hydroxylation is 1. The molecule has 0 aromatic heterocycles. The highest BCUT2D eigenvalue weighted by Gasteiger charge is 2.66. The van der Waals surface area contributed by atoms with E-state index in [1.165, 1.54) is 6.92 Å². The number of carbonyl (C=O) groups excluding carboxylic acids is 2. The van der Waals surface area contributed by atoms with Gasteiger partial charge in [0.1, 0.15) is 23.9 Å². The molecule has 0 unspecified atom stereocenters. The summed E-state index contributed by atoms with van der Waals surface area (Å²) in [5, 5.41) is 9.05. The quantitative estimate of drug-likeness (QED) is 0.164. The van der Waals surface area contributed by atoms with Crippen molar-refractivity contribution in [3.05, 3.63) is 38.9 Å². The Balaban J connectivity index is 2.37. The fourth-order valence-corrected chi connectivity index (χ4v) is 3.95. The summed E-state index contributed by atoms with van der Waals surface area (Å²) in [4.78, 5) is 36.8. The third kappa shape index (κ3) is 7.83. The second kappa shape index (κ2) is 9.53. The molecule has 1 aliphatic heterocycles. The maximum atomic E-state index is 13.6. The Morgan fingerprint density at radius 3 is 2.22 bits per heavy atom. The van der Waals surface area contributed by atoms with Crippen LogP contribution in [0.2, 0.25) is 0 Å². The van der Waals surface area contributed by atoms with Crippen LogP contribution in [0.3, 0.4) is 0 Å². The van der Waals surface area contributed by atoms with Crippen LogP contribution in [0.4, 0.5) is 32.6 Å². The first-order chi connectivity index (χ1) is 16.6. The van der Waals surface area contributed by atoms with Crippen molar-refractivity contribution < 1.29 is 61.6 Å². The summed E-state index contributed by atoms with van der Waals surface area (Å²) in [5.74, 6) is -3.10. The molecule has 1 atom stereocenters. The van der Waals surface area contributed by atoms with Gasteiger partial charge in [-0.1, -0.05) is 26.4 Å². The van der Waals surface area contributed by atoms with Gasteiger partial charge in [-0.3, -0.25) is 4.79 Å². The van der Waals surface area contributed by atoms with Gasteiger partial charge < -0.3 is 19.2 Å². The van der Waals surface area contributed by atoms with Crippen molar-refractivity contribution in [2.45, 2.75) is 37.4 Å². The number of nitrogens with zero attached hydrogens (tertiary/aromatic N) is 2. The Bertz CT molecular complexity index is 1120. The van der Waals surface area contributed by atoms with Crippen LogP contribution < -0.4 is 4.74 Å². The minimum Gasteiger partial charge on any atom is -0.475 e. The zero-order chi connectivity index (χ0) is 28.5. The number of ether oxygens (including phenoxy) is 2. The van der Waals surface area contributed by atoms with Gasteiger partial charge in [-0.25, -0.2) is 4.79 Å². The van der Waals surface area contributed by atoms with Crippen molar-refractivity contribution in [1.29, 1.82) is 0 Å². The normalized spacial score (nSPS) is 17.4. The van der Waals surface area contributed by atoms with Crippen LogP contribution in [0, 0.1) is 10.1 Å². The molecular weight excluding hydrogens is 552 g/mol. The van der Waals surface area contributed by atoms with E-state index in [4.69, 9.17) is 9.47 Å². The van der Waals surface area contributed by atoms with Gasteiger partial charge in [-0.05, 0) is 30.2 Å². The molecule has 0 radical (unpaired) electrons. The number of benzene rings is 1. The highest BCUT2D eigenvalue weighted by Crippen LogP contribution is 3.02. The molecule has 1 aromatic carbocycles. The Morgan fingerprint density at radius 2 is 1.73 bits per heavy atom. The Labute approximate surface area is 203 Å². The number of fused-ring (bicyclic) bond motifs is 1. The lowest BCUT2D eigenvalue weighted by molar-refractivity contribution is -0.757. The molecular formula is C19H20F8N2O7S. The molecule has 1 aromatic rings. The minimum absolute atomic E-state index is 0.00393. The molecule has 0 bridgehead atoms. The summed E-state index contributed by atoms with van der Waals surface area (Å²) < 4.78 is 117. The van der Waals surface area contributed by atoms with Gasteiger partial charge in [0.25, 0.3) is 5.09 Å². The van der Waals surface area contributed by atoms with Crippen molar-refractivity contribution >= 4 is 28.2 Å². The van der Waals surface area contributed by atoms with Gasteiger partial charge in [-0.2, -0.15) is 13.2 Å². The average Bonchev–Trinajstić information content (AvgIpc) is 2.73. The van der Waals surface area contributed by atoms with Crippen LogP contribution in [0.1, 0.15) is 25.0 Å². The lowest BCUT2D eigenvalue weighted by Gasteiger charge is -2.41. The zero-order valence-electron chi connectivity index (χ0n) is 19.0. The van der Waals surface area contributed by atoms with Crippen LogP contribution in [-0.2, 0) is 25.6 Å². The van der Waals surface area contributed by atoms with Crippen molar-refractivity contribution in [2.75, 3.05) is 26.3 Å². The van der Waals surface area contributed by atoms with Gasteiger partial charge >= 0.3 is 22.4 Å². The fourth-order valence-electron chi connectivity index (χ4n) is 3.24. The van der Waals surface area contributed by atoms with Gasteiger partial charge in [0.15, 0.2) is 0 Å². The van der Waals surface area contributed by atoms with Crippen molar-refractivity contribution in [3.63, 3.8) is 0 Å². The highest BCUT2D eigenvalue weighted by molar-refractivity contribution is 8.45. The molecule has 2 rings (SSSR count). The lowest BCUT2D eigenvalue weighted by atomic mass is 9.98. The molecule has 0 saturated heterocycles. The first-order valence-electron chi connectivity index (χ1n) is 10.2. The number of hydrogen-bond donors (Lipinski definition) is 0. The Hall–Kier alpha value is -3.31. The number of esters is 1. The largest absolute Gasteiger partial charge is 0.475 e. The molecule has 18 heteroatoms. The van der Waals surface area contributed by atoms with E-state index in [0.29, 0.717) is 6.08 Å². The molecule has 0 aliphatic carbocycles. The number of carbonyl (C=O) groups is 2. The van der Waals surface area contributed by atoms with E-state index in [1.807, 2.05) is 0 Å². The number of rotatable bonds is 10. The SMILES string of the molecule is CCc1cc(S(F)(F)(F)(F)F)cc2c1O[C@H](C(F)(F)F)C(C(=O)OCCN(CCO[N+](=O)[O-])C(C)=O)=C2. The standard InChI is InChI=1S/C19H20F8N2O7S/c1-3-12-8-14(37(23,24,25,26)27)9-13-10-15(17(19(20,21)22)36-16(12)13)18(31)34-6-4-28(11(2)30)5-7-35-29(32)33/h8-10,17H,3-7H2,1-2H3/t17-/m0/s1. The first kappa shape index (κ1) is 29.9. The van der Waals surface area contributed by atoms with E-state index in [0.717, 1.165) is 11.8 Å². The number of alkyl halides is 3. The van der Waals surface area contributed by atoms with E-state index in [-0.39, 0.29) is 18.7 Å². The monoisotopic (exact) mass is 572 g/mol. The summed E-state index contributed by atoms with van der Waals surface area (Å²) in [5.41, 5.74) is -2.74. The minimum atomic E-state index is -10.2. The highest BCUT2D eigenvalue weighted by atomic mass is 32.5. The van der Waals surface area contributed by atoms with Gasteiger partial charge in [-0.15, -0.1) is 10.1 Å². The van der Waals surface area contributed by atoms with Crippen molar-refractivity contribution in [2.24, 2.45) is 0 Å². The van der Waals surface area contributed by atoms with E-state index in [9.17, 15) is 52.3 Å². The third-order valence-corrected chi connectivity index (χ3v) is 6.08. The van der Waals surface area contributed by atoms with Crippen LogP contribution in [0.15, 0.2) is 22.6 Å². The molecule has 9 nitrogen and oxygen atoms in total. The summed E-state index contributed by atoms with van der Waals surface area (Å²) >= 11 is 0. The molecule has 1 aliphatic rings. The second-order valence-electron chi connectivity index (χ2n) is 7.66. The predicted octanol–water partition coefficient (Wildman–Crippen LogP) is 5.21. The smallest absolute Gasteiger partial charge is 0.430 e. The van der Waals surface area contributed by atoms with Gasteiger partial charge in [0, 0.05) is 19.0 Å². The van der Waals surface area contributed by atoms with E-state index >= 15 is 0 Å². The molecule has 0 fully saturated rings. The maximum Gasteiger partial charge on any atom is 0.430 e. The molecule has 0 spiro atoms.